The second kappa shape index (κ2) is 8.55. The van der Waals surface area contributed by atoms with Gasteiger partial charge in [-0.3, -0.25) is 9.59 Å². The number of benzene rings is 1. The van der Waals surface area contributed by atoms with Crippen molar-refractivity contribution in [2.24, 2.45) is 5.92 Å². The number of amides is 2. The zero-order valence-electron chi connectivity index (χ0n) is 12.3. The van der Waals surface area contributed by atoms with Crippen LogP contribution in [0.1, 0.15) is 17.3 Å². The van der Waals surface area contributed by atoms with E-state index in [1.54, 1.807) is 45.4 Å². The van der Waals surface area contributed by atoms with Crippen LogP contribution in [0.15, 0.2) is 24.3 Å². The largest absolute Gasteiger partial charge is 0.345 e. The molecule has 0 heterocycles. The summed E-state index contributed by atoms with van der Waals surface area (Å²) in [4.78, 5) is 25.2. The number of rotatable bonds is 5. The highest BCUT2D eigenvalue weighted by molar-refractivity contribution is 5.97. The molecule has 6 heteroatoms. The summed E-state index contributed by atoms with van der Waals surface area (Å²) >= 11 is 0. The quantitative estimate of drug-likeness (QED) is 0.868. The lowest BCUT2D eigenvalue weighted by Crippen LogP contribution is -2.28. The van der Waals surface area contributed by atoms with Gasteiger partial charge in [-0.1, -0.05) is 13.0 Å². The summed E-state index contributed by atoms with van der Waals surface area (Å²) in [5.74, 6) is -0.276. The van der Waals surface area contributed by atoms with Gasteiger partial charge in [0, 0.05) is 37.8 Å². The van der Waals surface area contributed by atoms with E-state index in [2.05, 4.69) is 10.6 Å². The Bertz CT molecular complexity index is 463. The van der Waals surface area contributed by atoms with E-state index < -0.39 is 0 Å². The molecule has 0 spiro atoms. The van der Waals surface area contributed by atoms with E-state index in [1.165, 1.54) is 4.90 Å². The highest BCUT2D eigenvalue weighted by atomic mass is 35.5. The summed E-state index contributed by atoms with van der Waals surface area (Å²) in [6.45, 7) is 2.46. The van der Waals surface area contributed by atoms with Crippen molar-refractivity contribution in [2.45, 2.75) is 6.92 Å². The molecule has 20 heavy (non-hydrogen) atoms. The third-order valence-corrected chi connectivity index (χ3v) is 2.74. The maximum absolute atomic E-state index is 11.9. The molecule has 0 bridgehead atoms. The second-order valence-electron chi connectivity index (χ2n) is 4.73. The van der Waals surface area contributed by atoms with E-state index >= 15 is 0 Å². The Morgan fingerprint density at radius 3 is 2.50 bits per heavy atom. The van der Waals surface area contributed by atoms with Crippen LogP contribution in [0.3, 0.4) is 0 Å². The van der Waals surface area contributed by atoms with E-state index in [4.69, 9.17) is 0 Å². The van der Waals surface area contributed by atoms with Crippen LogP contribution in [-0.4, -0.2) is 44.4 Å². The van der Waals surface area contributed by atoms with Crippen molar-refractivity contribution in [1.29, 1.82) is 0 Å². The number of carbonyl (C=O) groups excluding carboxylic acids is 2. The number of hydrogen-bond acceptors (Lipinski definition) is 3. The molecule has 1 atom stereocenters. The van der Waals surface area contributed by atoms with Gasteiger partial charge in [0.15, 0.2) is 0 Å². The van der Waals surface area contributed by atoms with Crippen molar-refractivity contribution in [1.82, 2.24) is 10.2 Å². The predicted molar refractivity (Wildman–Crippen MR) is 83.4 cm³/mol. The molecule has 0 saturated carbocycles. The number of carbonyl (C=O) groups is 2. The molecular formula is C14H22ClN3O2. The van der Waals surface area contributed by atoms with Crippen LogP contribution < -0.4 is 10.6 Å². The Morgan fingerprint density at radius 1 is 1.30 bits per heavy atom. The monoisotopic (exact) mass is 299 g/mol. The van der Waals surface area contributed by atoms with Crippen LogP contribution in [-0.2, 0) is 4.79 Å². The SMILES string of the molecule is CNCC(C)C(=O)Nc1cccc(C(=O)N(C)C)c1.Cl. The summed E-state index contributed by atoms with van der Waals surface area (Å²) in [6.07, 6.45) is 0. The Kier molecular flexibility index (Phi) is 7.87. The molecule has 2 amide bonds. The third kappa shape index (κ3) is 5.19. The van der Waals surface area contributed by atoms with E-state index in [9.17, 15) is 9.59 Å². The number of nitrogens with one attached hydrogen (secondary N) is 2. The third-order valence-electron chi connectivity index (χ3n) is 2.74. The van der Waals surface area contributed by atoms with Gasteiger partial charge in [-0.25, -0.2) is 0 Å². The van der Waals surface area contributed by atoms with Crippen LogP contribution in [0.5, 0.6) is 0 Å². The maximum Gasteiger partial charge on any atom is 0.253 e. The number of anilines is 1. The predicted octanol–water partition coefficient (Wildman–Crippen LogP) is 1.60. The maximum atomic E-state index is 11.9. The first-order valence-electron chi connectivity index (χ1n) is 6.23. The van der Waals surface area contributed by atoms with Crippen LogP contribution >= 0.6 is 12.4 Å². The molecule has 0 aliphatic heterocycles. The fourth-order valence-electron chi connectivity index (χ4n) is 1.65. The van der Waals surface area contributed by atoms with Gasteiger partial charge in [0.2, 0.25) is 5.91 Å². The van der Waals surface area contributed by atoms with Crippen molar-refractivity contribution in [3.63, 3.8) is 0 Å². The smallest absolute Gasteiger partial charge is 0.253 e. The molecule has 0 aromatic heterocycles. The van der Waals surface area contributed by atoms with Gasteiger partial charge in [0.1, 0.15) is 0 Å². The molecule has 1 unspecified atom stereocenters. The average molecular weight is 300 g/mol. The van der Waals surface area contributed by atoms with Gasteiger partial charge in [0.25, 0.3) is 5.91 Å². The van der Waals surface area contributed by atoms with Gasteiger partial charge in [-0.05, 0) is 25.2 Å². The van der Waals surface area contributed by atoms with E-state index in [0.717, 1.165) is 0 Å². The van der Waals surface area contributed by atoms with E-state index in [0.29, 0.717) is 17.8 Å². The summed E-state index contributed by atoms with van der Waals surface area (Å²) in [7, 11) is 5.20. The van der Waals surface area contributed by atoms with E-state index in [-0.39, 0.29) is 30.1 Å². The fraction of sp³-hybridized carbons (Fsp3) is 0.429. The molecule has 0 saturated heterocycles. The molecule has 5 nitrogen and oxygen atoms in total. The van der Waals surface area contributed by atoms with E-state index in [1.807, 2.05) is 6.92 Å². The van der Waals surface area contributed by atoms with Crippen LogP contribution in [0.4, 0.5) is 5.69 Å². The minimum absolute atomic E-state index is 0. The van der Waals surface area contributed by atoms with Gasteiger partial charge >= 0.3 is 0 Å². The molecular weight excluding hydrogens is 278 g/mol. The summed E-state index contributed by atoms with van der Waals surface area (Å²) in [5, 5.41) is 5.77. The second-order valence-corrected chi connectivity index (χ2v) is 4.73. The van der Waals surface area contributed by atoms with Gasteiger partial charge < -0.3 is 15.5 Å². The van der Waals surface area contributed by atoms with Crippen LogP contribution in [0.25, 0.3) is 0 Å². The number of hydrogen-bond donors (Lipinski definition) is 2. The van der Waals surface area contributed by atoms with Crippen molar-refractivity contribution < 1.29 is 9.59 Å². The van der Waals surface area contributed by atoms with Crippen LogP contribution in [0, 0.1) is 5.92 Å². The fourth-order valence-corrected chi connectivity index (χ4v) is 1.65. The number of nitrogens with zero attached hydrogens (tertiary/aromatic N) is 1. The molecule has 0 aliphatic carbocycles. The average Bonchev–Trinajstić information content (AvgIpc) is 2.38. The minimum atomic E-state index is -0.127. The van der Waals surface area contributed by atoms with Gasteiger partial charge in [0.05, 0.1) is 0 Å². The molecule has 2 N–H and O–H groups in total. The molecule has 1 aromatic rings. The summed E-state index contributed by atoms with van der Waals surface area (Å²) in [5.41, 5.74) is 1.20. The highest BCUT2D eigenvalue weighted by Gasteiger charge is 2.13. The lowest BCUT2D eigenvalue weighted by molar-refractivity contribution is -0.119. The molecule has 1 aromatic carbocycles. The first-order valence-corrected chi connectivity index (χ1v) is 6.23. The summed E-state index contributed by atoms with van der Waals surface area (Å²) in [6, 6.07) is 6.95. The Morgan fingerprint density at radius 2 is 1.95 bits per heavy atom. The Balaban J connectivity index is 0.00000361. The van der Waals surface area contributed by atoms with Gasteiger partial charge in [-0.15, -0.1) is 12.4 Å². The Labute approximate surface area is 126 Å². The van der Waals surface area contributed by atoms with Crippen molar-refractivity contribution in [3.05, 3.63) is 29.8 Å². The molecule has 0 radical (unpaired) electrons. The standard InChI is InChI=1S/C14H21N3O2.ClH/c1-10(9-15-2)13(18)16-12-7-5-6-11(8-12)14(19)17(3)4;/h5-8,10,15H,9H2,1-4H3,(H,16,18);1H. The number of halogens is 1. The van der Waals surface area contributed by atoms with Crippen LogP contribution in [0.2, 0.25) is 0 Å². The topological polar surface area (TPSA) is 61.4 Å². The van der Waals surface area contributed by atoms with Crippen molar-refractivity contribution >= 4 is 29.9 Å². The Hall–Kier alpha value is -1.59. The minimum Gasteiger partial charge on any atom is -0.345 e. The zero-order chi connectivity index (χ0) is 14.4. The first kappa shape index (κ1) is 18.4. The van der Waals surface area contributed by atoms with Crippen molar-refractivity contribution in [2.75, 3.05) is 33.0 Å². The first-order chi connectivity index (χ1) is 8.95. The lowest BCUT2D eigenvalue weighted by Gasteiger charge is -2.14. The summed E-state index contributed by atoms with van der Waals surface area (Å²) < 4.78 is 0. The zero-order valence-corrected chi connectivity index (χ0v) is 13.1. The molecule has 112 valence electrons. The molecule has 1 rings (SSSR count). The molecule has 0 aliphatic rings. The van der Waals surface area contributed by atoms with Crippen molar-refractivity contribution in [3.8, 4) is 0 Å². The highest BCUT2D eigenvalue weighted by Crippen LogP contribution is 2.13. The normalized spacial score (nSPS) is 11.2. The molecule has 0 fully saturated rings. The van der Waals surface area contributed by atoms with Gasteiger partial charge in [-0.2, -0.15) is 0 Å². The lowest BCUT2D eigenvalue weighted by atomic mass is 10.1.